The Morgan fingerprint density at radius 3 is 2.44 bits per heavy atom. The van der Waals surface area contributed by atoms with Gasteiger partial charge in [-0.2, -0.15) is 18.2 Å². The number of rotatable bonds is 10. The van der Waals surface area contributed by atoms with Crippen molar-refractivity contribution in [3.05, 3.63) is 53.3 Å². The van der Waals surface area contributed by atoms with E-state index in [1.807, 2.05) is 19.0 Å². The van der Waals surface area contributed by atoms with Gasteiger partial charge in [0.1, 0.15) is 17.9 Å². The van der Waals surface area contributed by atoms with Gasteiger partial charge in [0, 0.05) is 24.0 Å². The monoisotopic (exact) mass is 542 g/mol. The van der Waals surface area contributed by atoms with Gasteiger partial charge in [0.25, 0.3) is 0 Å². The zero-order valence-electron chi connectivity index (χ0n) is 20.2. The van der Waals surface area contributed by atoms with Crippen molar-refractivity contribution >= 4 is 47.2 Å². The molecular formula is C23H27ClF3N6O2P. The molecule has 0 saturated carbocycles. The Balaban J connectivity index is 1.89. The van der Waals surface area contributed by atoms with Gasteiger partial charge in [0.15, 0.2) is 12.4 Å². The number of nitrogens with one attached hydrogen (secondary N) is 2. The number of para-hydroxylation sites is 1. The molecule has 13 heteroatoms. The third kappa shape index (κ3) is 8.08. The van der Waals surface area contributed by atoms with Gasteiger partial charge in [0.2, 0.25) is 11.8 Å². The Labute approximate surface area is 212 Å². The molecule has 0 aliphatic heterocycles. The van der Waals surface area contributed by atoms with Gasteiger partial charge < -0.3 is 24.8 Å². The van der Waals surface area contributed by atoms with Crippen LogP contribution in [-0.2, 0) is 11.0 Å². The minimum atomic E-state index is -4.53. The van der Waals surface area contributed by atoms with E-state index in [0.717, 1.165) is 0 Å². The smallest absolute Gasteiger partial charge is 0.422 e. The van der Waals surface area contributed by atoms with Crippen LogP contribution in [0.4, 0.5) is 36.3 Å². The molecule has 2 aromatic heterocycles. The number of benzene rings is 1. The van der Waals surface area contributed by atoms with Crippen molar-refractivity contribution in [3.8, 4) is 5.88 Å². The fourth-order valence-corrected chi connectivity index (χ4v) is 4.42. The van der Waals surface area contributed by atoms with Gasteiger partial charge in [-0.15, -0.1) is 0 Å². The third-order valence-electron chi connectivity index (χ3n) is 4.83. The van der Waals surface area contributed by atoms with Gasteiger partial charge >= 0.3 is 6.18 Å². The average Bonchev–Trinajstić information content (AvgIpc) is 2.78. The molecule has 2 N–H and O–H groups in total. The van der Waals surface area contributed by atoms with Crippen LogP contribution in [0.2, 0.25) is 5.02 Å². The van der Waals surface area contributed by atoms with Crippen LogP contribution in [0.5, 0.6) is 5.88 Å². The quantitative estimate of drug-likeness (QED) is 0.333. The second-order valence-corrected chi connectivity index (χ2v) is 12.2. The molecular weight excluding hydrogens is 516 g/mol. The highest BCUT2D eigenvalue weighted by Crippen LogP contribution is 2.38. The second-order valence-electron chi connectivity index (χ2n) is 8.62. The molecule has 3 aromatic rings. The molecule has 0 amide bonds. The minimum Gasteiger partial charge on any atom is -0.467 e. The Kier molecular flexibility index (Phi) is 8.81. The number of pyridine rings is 1. The lowest BCUT2D eigenvalue weighted by atomic mass is 10.2. The Morgan fingerprint density at radius 2 is 1.78 bits per heavy atom. The van der Waals surface area contributed by atoms with E-state index in [0.29, 0.717) is 29.7 Å². The Hall–Kier alpha value is -2.88. The van der Waals surface area contributed by atoms with Crippen LogP contribution in [0.25, 0.3) is 0 Å². The molecule has 0 spiro atoms. The zero-order chi connectivity index (χ0) is 26.5. The maximum atomic E-state index is 12.8. The van der Waals surface area contributed by atoms with E-state index in [9.17, 15) is 17.7 Å². The van der Waals surface area contributed by atoms with Crippen molar-refractivity contribution in [3.63, 3.8) is 0 Å². The van der Waals surface area contributed by atoms with Crippen LogP contribution in [0.1, 0.15) is 5.69 Å². The molecule has 3 rings (SSSR count). The molecule has 0 fully saturated rings. The number of hydrogen-bond acceptors (Lipinski definition) is 8. The fourth-order valence-electron chi connectivity index (χ4n) is 3.12. The summed E-state index contributed by atoms with van der Waals surface area (Å²) in [4.78, 5) is 14.7. The molecule has 36 heavy (non-hydrogen) atoms. The summed E-state index contributed by atoms with van der Waals surface area (Å²) < 4.78 is 56.1. The molecule has 0 aliphatic rings. The van der Waals surface area contributed by atoms with E-state index in [1.54, 1.807) is 49.7 Å². The second kappa shape index (κ2) is 11.5. The highest BCUT2D eigenvalue weighted by molar-refractivity contribution is 7.70. The number of anilines is 4. The van der Waals surface area contributed by atoms with Crippen LogP contribution >= 0.6 is 18.7 Å². The molecule has 0 bridgehead atoms. The summed E-state index contributed by atoms with van der Waals surface area (Å²) in [7, 11) is 1.17. The topological polar surface area (TPSA) is 92.3 Å². The first-order valence-corrected chi connectivity index (χ1v) is 13.8. The molecule has 194 valence electrons. The first-order valence-electron chi connectivity index (χ1n) is 10.9. The Bertz CT molecular complexity index is 1250. The van der Waals surface area contributed by atoms with Crippen molar-refractivity contribution in [1.29, 1.82) is 0 Å². The largest absolute Gasteiger partial charge is 0.467 e. The molecule has 0 atom stereocenters. The lowest BCUT2D eigenvalue weighted by Crippen LogP contribution is -2.21. The number of ether oxygens (including phenoxy) is 1. The normalized spacial score (nSPS) is 12.0. The van der Waals surface area contributed by atoms with Crippen LogP contribution in [0.3, 0.4) is 0 Å². The maximum Gasteiger partial charge on any atom is 0.422 e. The first kappa shape index (κ1) is 27.7. The van der Waals surface area contributed by atoms with E-state index < -0.39 is 19.9 Å². The van der Waals surface area contributed by atoms with E-state index in [4.69, 9.17) is 16.3 Å². The molecule has 2 heterocycles. The van der Waals surface area contributed by atoms with Gasteiger partial charge in [-0.3, -0.25) is 0 Å². The minimum absolute atomic E-state index is 0.0512. The highest BCUT2D eigenvalue weighted by atomic mass is 35.5. The highest BCUT2D eigenvalue weighted by Gasteiger charge is 2.29. The number of hydrogen-bond donors (Lipinski definition) is 2. The van der Waals surface area contributed by atoms with Gasteiger partial charge in [-0.05, 0) is 51.7 Å². The summed E-state index contributed by atoms with van der Waals surface area (Å²) in [5, 5.41) is 6.75. The van der Waals surface area contributed by atoms with Crippen molar-refractivity contribution in [2.45, 2.75) is 12.6 Å². The van der Waals surface area contributed by atoms with E-state index in [-0.39, 0.29) is 28.4 Å². The van der Waals surface area contributed by atoms with Crippen molar-refractivity contribution < 1.29 is 22.5 Å². The Morgan fingerprint density at radius 1 is 1.06 bits per heavy atom. The molecule has 8 nitrogen and oxygen atoms in total. The number of nitrogens with zero attached hydrogens (tertiary/aromatic N) is 4. The standard InChI is InChI=1S/C23H27ClF3N6O2P/c1-33(2)12-11-15-9-10-18(21(29-15)35-14-23(25,26)27)31-22-28-13-16(24)20(32-22)30-17-7-5-6-8-19(17)36(3,4)34/h5-10,13H,11-12,14H2,1-4H3,(H2,28,30,31,32). The van der Waals surface area contributed by atoms with E-state index >= 15 is 0 Å². The van der Waals surface area contributed by atoms with Crippen LogP contribution in [0, 0.1) is 0 Å². The van der Waals surface area contributed by atoms with Crippen LogP contribution in [-0.4, -0.2) is 66.6 Å². The summed E-state index contributed by atoms with van der Waals surface area (Å²) >= 11 is 6.28. The zero-order valence-corrected chi connectivity index (χ0v) is 21.9. The molecule has 0 saturated heterocycles. The van der Waals surface area contributed by atoms with Crippen LogP contribution in [0.15, 0.2) is 42.6 Å². The number of alkyl halides is 3. The van der Waals surface area contributed by atoms with Gasteiger partial charge in [0.05, 0.1) is 11.9 Å². The van der Waals surface area contributed by atoms with Crippen molar-refractivity contribution in [2.24, 2.45) is 0 Å². The summed E-state index contributed by atoms with van der Waals surface area (Å²) in [5.41, 5.74) is 1.30. The van der Waals surface area contributed by atoms with Crippen LogP contribution < -0.4 is 20.7 Å². The number of likely N-dealkylation sites (N-methyl/N-ethyl adjacent to an activating group) is 1. The van der Waals surface area contributed by atoms with E-state index in [1.165, 1.54) is 6.20 Å². The fraction of sp³-hybridized carbons (Fsp3) is 0.348. The maximum absolute atomic E-state index is 12.8. The number of halogens is 4. The van der Waals surface area contributed by atoms with Gasteiger partial charge in [-0.25, -0.2) is 9.97 Å². The summed E-state index contributed by atoms with van der Waals surface area (Å²) in [6.45, 7) is 2.47. The average molecular weight is 543 g/mol. The number of aromatic nitrogens is 3. The molecule has 0 unspecified atom stereocenters. The summed E-state index contributed by atoms with van der Waals surface area (Å²) in [6, 6.07) is 10.3. The SMILES string of the molecule is CN(C)CCc1ccc(Nc2ncc(Cl)c(Nc3ccccc3P(C)(C)=O)n2)c(OCC(F)(F)F)n1. The lowest BCUT2D eigenvalue weighted by molar-refractivity contribution is -0.154. The molecule has 1 aromatic carbocycles. The van der Waals surface area contributed by atoms with Crippen molar-refractivity contribution in [2.75, 3.05) is 51.2 Å². The summed E-state index contributed by atoms with van der Waals surface area (Å²) in [6.07, 6.45) is -2.66. The third-order valence-corrected chi connectivity index (χ3v) is 6.66. The molecule has 0 radical (unpaired) electrons. The van der Waals surface area contributed by atoms with Crippen molar-refractivity contribution in [1.82, 2.24) is 19.9 Å². The molecule has 0 aliphatic carbocycles. The lowest BCUT2D eigenvalue weighted by Gasteiger charge is -2.17. The van der Waals surface area contributed by atoms with E-state index in [2.05, 4.69) is 25.6 Å². The van der Waals surface area contributed by atoms with Gasteiger partial charge in [-0.1, -0.05) is 23.7 Å². The predicted octanol–water partition coefficient (Wildman–Crippen LogP) is 5.31. The summed E-state index contributed by atoms with van der Waals surface area (Å²) in [5.74, 6) is 0.0542. The first-order chi connectivity index (χ1) is 16.8. The predicted molar refractivity (Wildman–Crippen MR) is 137 cm³/mol.